The predicted molar refractivity (Wildman–Crippen MR) is 97.3 cm³/mol. The summed E-state index contributed by atoms with van der Waals surface area (Å²) in [5, 5.41) is 16.7. The standard InChI is InChI=1S/C18H16N4O4S/c1-10-8-14(11(2)24-10)17-21-19-15(25-17)9-27-18-22-20-16(26-18)12-4-6-13(23-3)7-5-12/h4-8H,9H2,1-3H3. The molecule has 3 aromatic heterocycles. The molecule has 0 aliphatic heterocycles. The third-order valence-corrected chi connectivity index (χ3v) is 4.60. The first-order valence-corrected chi connectivity index (χ1v) is 9.11. The van der Waals surface area contributed by atoms with E-state index in [1.54, 1.807) is 7.11 Å². The minimum Gasteiger partial charge on any atom is -0.497 e. The molecule has 0 spiro atoms. The molecule has 4 aromatic rings. The number of hydrogen-bond donors (Lipinski definition) is 0. The van der Waals surface area contributed by atoms with Crippen LogP contribution in [0.4, 0.5) is 0 Å². The molecule has 8 nitrogen and oxygen atoms in total. The van der Waals surface area contributed by atoms with Gasteiger partial charge in [0.05, 0.1) is 18.4 Å². The fraction of sp³-hybridized carbons (Fsp3) is 0.222. The van der Waals surface area contributed by atoms with Crippen molar-refractivity contribution >= 4 is 11.8 Å². The van der Waals surface area contributed by atoms with E-state index in [1.165, 1.54) is 11.8 Å². The Kier molecular flexibility index (Phi) is 4.68. The average Bonchev–Trinajstić information content (AvgIpc) is 3.40. The highest BCUT2D eigenvalue weighted by atomic mass is 32.2. The van der Waals surface area contributed by atoms with Crippen molar-refractivity contribution < 1.29 is 18.0 Å². The Balaban J connectivity index is 1.42. The van der Waals surface area contributed by atoms with Crippen LogP contribution in [-0.2, 0) is 5.75 Å². The van der Waals surface area contributed by atoms with Crippen molar-refractivity contribution in [2.45, 2.75) is 24.8 Å². The van der Waals surface area contributed by atoms with E-state index in [4.69, 9.17) is 18.0 Å². The Labute approximate surface area is 158 Å². The molecule has 3 heterocycles. The topological polar surface area (TPSA) is 100 Å². The quantitative estimate of drug-likeness (QED) is 0.450. The highest BCUT2D eigenvalue weighted by Crippen LogP contribution is 2.29. The molecule has 0 atom stereocenters. The minimum absolute atomic E-state index is 0.424. The second kappa shape index (κ2) is 7.28. The smallest absolute Gasteiger partial charge is 0.277 e. The third-order valence-electron chi connectivity index (χ3n) is 3.80. The molecule has 0 saturated carbocycles. The zero-order chi connectivity index (χ0) is 18.8. The number of hydrogen-bond acceptors (Lipinski definition) is 9. The Morgan fingerprint density at radius 3 is 2.41 bits per heavy atom. The normalized spacial score (nSPS) is 11.1. The van der Waals surface area contributed by atoms with Crippen molar-refractivity contribution in [1.82, 2.24) is 20.4 Å². The maximum Gasteiger partial charge on any atom is 0.277 e. The fourth-order valence-corrected chi connectivity index (χ4v) is 3.11. The second-order valence-electron chi connectivity index (χ2n) is 5.72. The first-order chi connectivity index (χ1) is 13.1. The second-order valence-corrected chi connectivity index (χ2v) is 6.64. The lowest BCUT2D eigenvalue weighted by molar-refractivity contribution is 0.414. The van der Waals surface area contributed by atoms with Gasteiger partial charge in [0.1, 0.15) is 17.3 Å². The number of ether oxygens (including phenoxy) is 1. The van der Waals surface area contributed by atoms with Crippen molar-refractivity contribution in [2.75, 3.05) is 7.11 Å². The maximum atomic E-state index is 5.70. The lowest BCUT2D eigenvalue weighted by Crippen LogP contribution is -1.82. The molecule has 0 bridgehead atoms. The summed E-state index contributed by atoms with van der Waals surface area (Å²) in [5.74, 6) is 4.08. The number of benzene rings is 1. The molecule has 4 rings (SSSR count). The molecule has 0 aliphatic rings. The van der Waals surface area contributed by atoms with Crippen LogP contribution in [0.1, 0.15) is 17.4 Å². The maximum absolute atomic E-state index is 5.70. The number of nitrogens with zero attached hydrogens (tertiary/aromatic N) is 4. The molecule has 138 valence electrons. The van der Waals surface area contributed by atoms with Crippen LogP contribution >= 0.6 is 11.8 Å². The van der Waals surface area contributed by atoms with Gasteiger partial charge in [-0.25, -0.2) is 0 Å². The van der Waals surface area contributed by atoms with Crippen molar-refractivity contribution in [2.24, 2.45) is 0 Å². The molecule has 0 radical (unpaired) electrons. The summed E-state index contributed by atoms with van der Waals surface area (Å²) in [7, 11) is 1.62. The molecule has 27 heavy (non-hydrogen) atoms. The van der Waals surface area contributed by atoms with E-state index in [1.807, 2.05) is 44.2 Å². The molecule has 0 unspecified atom stereocenters. The number of methoxy groups -OCH3 is 1. The molecule has 0 aliphatic carbocycles. The third kappa shape index (κ3) is 3.72. The van der Waals surface area contributed by atoms with E-state index in [2.05, 4.69) is 20.4 Å². The lowest BCUT2D eigenvalue weighted by Gasteiger charge is -1.99. The van der Waals surface area contributed by atoms with Crippen LogP contribution in [0.3, 0.4) is 0 Å². The first kappa shape index (κ1) is 17.3. The monoisotopic (exact) mass is 384 g/mol. The van der Waals surface area contributed by atoms with Crippen molar-refractivity contribution in [3.63, 3.8) is 0 Å². The molecule has 0 N–H and O–H groups in total. The fourth-order valence-electron chi connectivity index (χ4n) is 2.51. The Bertz CT molecular complexity index is 1050. The highest BCUT2D eigenvalue weighted by Gasteiger charge is 2.16. The van der Waals surface area contributed by atoms with Gasteiger partial charge in [-0.05, 0) is 44.2 Å². The lowest BCUT2D eigenvalue weighted by atomic mass is 10.2. The van der Waals surface area contributed by atoms with Crippen LogP contribution < -0.4 is 4.74 Å². The summed E-state index contributed by atoms with van der Waals surface area (Å²) in [6, 6.07) is 9.28. The van der Waals surface area contributed by atoms with E-state index in [-0.39, 0.29) is 0 Å². The van der Waals surface area contributed by atoms with Gasteiger partial charge in [-0.1, -0.05) is 11.8 Å². The molecule has 1 aromatic carbocycles. The van der Waals surface area contributed by atoms with Gasteiger partial charge in [0.15, 0.2) is 0 Å². The van der Waals surface area contributed by atoms with Gasteiger partial charge in [-0.3, -0.25) is 0 Å². The number of furan rings is 1. The summed E-state index contributed by atoms with van der Waals surface area (Å²) < 4.78 is 22.0. The number of rotatable bonds is 6. The summed E-state index contributed by atoms with van der Waals surface area (Å²) in [5.41, 5.74) is 1.62. The first-order valence-electron chi connectivity index (χ1n) is 8.13. The van der Waals surface area contributed by atoms with Crippen LogP contribution in [-0.4, -0.2) is 27.5 Å². The van der Waals surface area contributed by atoms with Crippen molar-refractivity contribution in [1.29, 1.82) is 0 Å². The zero-order valence-corrected chi connectivity index (χ0v) is 15.7. The average molecular weight is 384 g/mol. The predicted octanol–water partition coefficient (Wildman–Crippen LogP) is 4.30. The summed E-state index contributed by atoms with van der Waals surface area (Å²) >= 11 is 1.33. The van der Waals surface area contributed by atoms with Crippen LogP contribution in [0.25, 0.3) is 22.9 Å². The largest absolute Gasteiger partial charge is 0.497 e. The molecule has 0 fully saturated rings. The summed E-state index contributed by atoms with van der Waals surface area (Å²) in [6.07, 6.45) is 0. The molecule has 9 heteroatoms. The number of aromatic nitrogens is 4. The molecular weight excluding hydrogens is 368 g/mol. The Hall–Kier alpha value is -3.07. The van der Waals surface area contributed by atoms with Crippen molar-refractivity contribution in [3.05, 3.63) is 47.7 Å². The van der Waals surface area contributed by atoms with Crippen LogP contribution in [0.2, 0.25) is 0 Å². The van der Waals surface area contributed by atoms with Gasteiger partial charge in [-0.15, -0.1) is 20.4 Å². The van der Waals surface area contributed by atoms with E-state index in [9.17, 15) is 0 Å². The van der Waals surface area contributed by atoms with E-state index in [0.29, 0.717) is 28.6 Å². The van der Waals surface area contributed by atoms with Gasteiger partial charge >= 0.3 is 0 Å². The number of thioether (sulfide) groups is 1. The Morgan fingerprint density at radius 1 is 0.926 bits per heavy atom. The molecular formula is C18H16N4O4S. The van der Waals surface area contributed by atoms with Crippen LogP contribution in [0, 0.1) is 13.8 Å². The molecule has 0 saturated heterocycles. The zero-order valence-electron chi connectivity index (χ0n) is 14.9. The van der Waals surface area contributed by atoms with Gasteiger partial charge < -0.3 is 18.0 Å². The van der Waals surface area contributed by atoms with Crippen LogP contribution in [0.5, 0.6) is 5.75 Å². The van der Waals surface area contributed by atoms with E-state index >= 15 is 0 Å². The van der Waals surface area contributed by atoms with Gasteiger partial charge in [0.25, 0.3) is 11.1 Å². The molecule has 0 amide bonds. The summed E-state index contributed by atoms with van der Waals surface area (Å²) in [6.45, 7) is 3.74. The van der Waals surface area contributed by atoms with Gasteiger partial charge in [0, 0.05) is 5.56 Å². The van der Waals surface area contributed by atoms with E-state index in [0.717, 1.165) is 28.4 Å². The van der Waals surface area contributed by atoms with Gasteiger partial charge in [0.2, 0.25) is 11.8 Å². The van der Waals surface area contributed by atoms with Crippen LogP contribution in [0.15, 0.2) is 48.8 Å². The van der Waals surface area contributed by atoms with Gasteiger partial charge in [-0.2, -0.15) is 0 Å². The summed E-state index contributed by atoms with van der Waals surface area (Å²) in [4.78, 5) is 0. The Morgan fingerprint density at radius 2 is 1.70 bits per heavy atom. The van der Waals surface area contributed by atoms with E-state index < -0.39 is 0 Å². The minimum atomic E-state index is 0.424. The highest BCUT2D eigenvalue weighted by molar-refractivity contribution is 7.98. The SMILES string of the molecule is COc1ccc(-c2nnc(SCc3nnc(-c4cc(C)oc4C)o3)o2)cc1. The number of aryl methyl sites for hydroxylation is 2. The van der Waals surface area contributed by atoms with Crippen molar-refractivity contribution in [3.8, 4) is 28.7 Å².